The predicted octanol–water partition coefficient (Wildman–Crippen LogP) is 5.84. The number of piperidine rings is 1. The maximum absolute atomic E-state index is 15.1. The van der Waals surface area contributed by atoms with Crippen molar-refractivity contribution < 1.29 is 31.5 Å². The fourth-order valence-corrected chi connectivity index (χ4v) is 6.56. The third kappa shape index (κ3) is 4.45. The molecule has 4 heterocycles. The molecule has 2 aliphatic heterocycles. The van der Waals surface area contributed by atoms with Crippen molar-refractivity contribution in [2.45, 2.75) is 57.3 Å². The summed E-state index contributed by atoms with van der Waals surface area (Å²) in [5.41, 5.74) is -0.241. The van der Waals surface area contributed by atoms with Gasteiger partial charge in [0.1, 0.15) is 0 Å². The maximum Gasteiger partial charge on any atom is 0.416 e. The third-order valence-corrected chi connectivity index (χ3v) is 8.35. The summed E-state index contributed by atoms with van der Waals surface area (Å²) in [6.45, 7) is 5.14. The van der Waals surface area contributed by atoms with Crippen molar-refractivity contribution in [3.63, 3.8) is 0 Å². The normalized spacial score (nSPS) is 21.7. The predicted molar refractivity (Wildman–Crippen MR) is 145 cm³/mol. The first kappa shape index (κ1) is 28.4. The van der Waals surface area contributed by atoms with Crippen molar-refractivity contribution in [3.05, 3.63) is 88.9 Å². The lowest BCUT2D eigenvalue weighted by Gasteiger charge is -2.46. The van der Waals surface area contributed by atoms with Gasteiger partial charge in [0.05, 0.1) is 34.8 Å². The molecule has 0 bridgehead atoms. The zero-order chi connectivity index (χ0) is 30.8. The molecular weight excluding hydrogens is 571 g/mol. The third-order valence-electron chi connectivity index (χ3n) is 8.35. The summed E-state index contributed by atoms with van der Waals surface area (Å²) < 4.78 is 70.4. The first-order valence-electron chi connectivity index (χ1n) is 13.5. The van der Waals surface area contributed by atoms with Crippen molar-refractivity contribution in [1.82, 2.24) is 24.9 Å². The smallest absolute Gasteiger partial charge is 0.332 e. The van der Waals surface area contributed by atoms with Crippen LogP contribution in [-0.2, 0) is 16.4 Å². The molecule has 222 valence electrons. The number of fused-ring (bicyclic) bond motifs is 2. The lowest BCUT2D eigenvalue weighted by atomic mass is 9.68. The summed E-state index contributed by atoms with van der Waals surface area (Å²) in [7, 11) is 0. The van der Waals surface area contributed by atoms with Crippen LogP contribution in [0.4, 0.5) is 27.6 Å². The minimum absolute atomic E-state index is 0.0291. The van der Waals surface area contributed by atoms with E-state index in [9.17, 15) is 27.2 Å². The maximum atomic E-state index is 15.1. The number of amides is 2. The van der Waals surface area contributed by atoms with Crippen LogP contribution in [0.5, 0.6) is 0 Å². The first-order valence-corrected chi connectivity index (χ1v) is 13.5. The van der Waals surface area contributed by atoms with Gasteiger partial charge in [-0.2, -0.15) is 28.5 Å². The molecule has 0 aliphatic carbocycles. The van der Waals surface area contributed by atoms with E-state index in [-0.39, 0.29) is 35.5 Å². The van der Waals surface area contributed by atoms with Crippen LogP contribution in [0.2, 0.25) is 0 Å². The minimum Gasteiger partial charge on any atom is -0.332 e. The number of nitrogens with zero attached hydrogens (tertiary/aromatic N) is 5. The largest absolute Gasteiger partial charge is 0.416 e. The van der Waals surface area contributed by atoms with Crippen LogP contribution in [0, 0.1) is 18.6 Å². The Morgan fingerprint density at radius 3 is 2.28 bits per heavy atom. The van der Waals surface area contributed by atoms with Gasteiger partial charge in [-0.15, -0.1) is 0 Å². The molecule has 4 aromatic rings. The topological polar surface area (TPSA) is 93.0 Å². The number of likely N-dealkylation sites (tertiary alicyclic amines) is 1. The minimum atomic E-state index is -4.53. The lowest BCUT2D eigenvalue weighted by Crippen LogP contribution is -2.57. The van der Waals surface area contributed by atoms with Crippen molar-refractivity contribution in [2.24, 2.45) is 0 Å². The molecule has 13 heteroatoms. The van der Waals surface area contributed by atoms with E-state index in [4.69, 9.17) is 0 Å². The highest BCUT2D eigenvalue weighted by Gasteiger charge is 2.55. The fraction of sp³-hybridized carbons (Fsp3) is 0.300. The van der Waals surface area contributed by atoms with Gasteiger partial charge in [0.15, 0.2) is 17.3 Å². The summed E-state index contributed by atoms with van der Waals surface area (Å²) in [5.74, 6) is -3.07. The van der Waals surface area contributed by atoms with E-state index in [1.807, 2.05) is 0 Å². The van der Waals surface area contributed by atoms with Crippen LogP contribution in [0.1, 0.15) is 53.9 Å². The number of nitrogens with one attached hydrogen (secondary N) is 1. The van der Waals surface area contributed by atoms with Crippen LogP contribution in [0.15, 0.2) is 54.9 Å². The fourth-order valence-electron chi connectivity index (χ4n) is 6.56. The van der Waals surface area contributed by atoms with E-state index in [0.717, 1.165) is 18.2 Å². The average Bonchev–Trinajstić information content (AvgIpc) is 3.44. The Morgan fingerprint density at radius 1 is 1.00 bits per heavy atom. The standard InChI is InChI=1S/C30H25F5N6O2/c1-15-12-29(23-22(38-28(29)43)9-8-21(31)24(23)32)13-16(2)40(15)27(42)25-17(3)26(18-10-11-36-37-14-18)41(39-25)20-6-4-19(5-7-20)30(33,34)35/h4-11,14-16H,12-13H2,1-3H3,(H,38,43)/t15-,16+,29?. The summed E-state index contributed by atoms with van der Waals surface area (Å²) in [6, 6.07) is 7.17. The van der Waals surface area contributed by atoms with Crippen molar-refractivity contribution in [1.29, 1.82) is 0 Å². The number of alkyl halides is 3. The SMILES string of the molecule is Cc1c(C(=O)N2[C@H](C)CC3(C[C@@H]2C)C(=O)Nc2ccc(F)c(F)c23)nn(-c2ccc(C(F)(F)F)cc2)c1-c1ccnnc1. The Kier molecular flexibility index (Phi) is 6.58. The van der Waals surface area contributed by atoms with E-state index < -0.39 is 52.7 Å². The number of hydrogen-bond acceptors (Lipinski definition) is 5. The zero-order valence-corrected chi connectivity index (χ0v) is 23.2. The Bertz CT molecular complexity index is 1740. The molecule has 1 fully saturated rings. The van der Waals surface area contributed by atoms with Crippen LogP contribution in [0.3, 0.4) is 0 Å². The first-order chi connectivity index (χ1) is 20.3. The van der Waals surface area contributed by atoms with Crippen molar-refractivity contribution >= 4 is 17.5 Å². The molecule has 1 spiro atoms. The van der Waals surface area contributed by atoms with Gasteiger partial charge in [-0.25, -0.2) is 13.5 Å². The molecule has 2 aromatic carbocycles. The van der Waals surface area contributed by atoms with Crippen molar-refractivity contribution in [3.8, 4) is 16.9 Å². The Labute approximate surface area is 242 Å². The zero-order valence-electron chi connectivity index (χ0n) is 23.2. The van der Waals surface area contributed by atoms with E-state index >= 15 is 4.39 Å². The van der Waals surface area contributed by atoms with Crippen LogP contribution in [0.25, 0.3) is 16.9 Å². The van der Waals surface area contributed by atoms with Gasteiger partial charge in [0.25, 0.3) is 5.91 Å². The number of benzene rings is 2. The second-order valence-corrected chi connectivity index (χ2v) is 11.0. The highest BCUT2D eigenvalue weighted by atomic mass is 19.4. The number of carbonyl (C=O) groups is 2. The molecule has 2 aromatic heterocycles. The number of carbonyl (C=O) groups excluding carboxylic acids is 2. The van der Waals surface area contributed by atoms with Crippen molar-refractivity contribution in [2.75, 3.05) is 5.32 Å². The molecular formula is C30H25F5N6O2. The molecule has 2 aliphatic rings. The van der Waals surface area contributed by atoms with Crippen LogP contribution in [-0.4, -0.2) is 48.8 Å². The molecule has 1 unspecified atom stereocenters. The van der Waals surface area contributed by atoms with Gasteiger partial charge in [0, 0.05) is 34.5 Å². The summed E-state index contributed by atoms with van der Waals surface area (Å²) in [4.78, 5) is 28.9. The van der Waals surface area contributed by atoms with Gasteiger partial charge in [-0.3, -0.25) is 9.59 Å². The number of hydrogen-bond donors (Lipinski definition) is 1. The monoisotopic (exact) mass is 596 g/mol. The highest BCUT2D eigenvalue weighted by Crippen LogP contribution is 2.50. The second kappa shape index (κ2) is 9.96. The summed E-state index contributed by atoms with van der Waals surface area (Å²) in [5, 5.41) is 14.9. The molecule has 0 saturated carbocycles. The lowest BCUT2D eigenvalue weighted by molar-refractivity contribution is -0.137. The Hall–Kier alpha value is -4.68. The summed E-state index contributed by atoms with van der Waals surface area (Å²) in [6.07, 6.45) is -1.54. The van der Waals surface area contributed by atoms with Gasteiger partial charge in [0.2, 0.25) is 5.91 Å². The Balaban J connectivity index is 1.40. The molecule has 43 heavy (non-hydrogen) atoms. The molecule has 1 saturated heterocycles. The van der Waals surface area contributed by atoms with Gasteiger partial charge >= 0.3 is 6.18 Å². The number of aromatic nitrogens is 4. The summed E-state index contributed by atoms with van der Waals surface area (Å²) >= 11 is 0. The molecule has 1 N–H and O–H groups in total. The van der Waals surface area contributed by atoms with Gasteiger partial charge < -0.3 is 10.2 Å². The molecule has 8 nitrogen and oxygen atoms in total. The quantitative estimate of drug-likeness (QED) is 0.300. The highest BCUT2D eigenvalue weighted by molar-refractivity contribution is 6.07. The number of halogens is 5. The molecule has 6 rings (SSSR count). The molecule has 0 radical (unpaired) electrons. The van der Waals surface area contributed by atoms with E-state index in [1.54, 1.807) is 31.7 Å². The van der Waals surface area contributed by atoms with E-state index in [1.165, 1.54) is 35.3 Å². The van der Waals surface area contributed by atoms with E-state index in [2.05, 4.69) is 20.6 Å². The Morgan fingerprint density at radius 2 is 1.67 bits per heavy atom. The average molecular weight is 597 g/mol. The van der Waals surface area contributed by atoms with Gasteiger partial charge in [-0.05, 0) is 76.1 Å². The number of anilines is 1. The van der Waals surface area contributed by atoms with Crippen LogP contribution >= 0.6 is 0 Å². The molecule has 3 atom stereocenters. The number of rotatable bonds is 3. The second-order valence-electron chi connectivity index (χ2n) is 11.0. The van der Waals surface area contributed by atoms with E-state index in [0.29, 0.717) is 16.8 Å². The van der Waals surface area contributed by atoms with Gasteiger partial charge in [-0.1, -0.05) is 0 Å². The molecule has 2 amide bonds. The van der Waals surface area contributed by atoms with Crippen LogP contribution < -0.4 is 5.32 Å².